The van der Waals surface area contributed by atoms with E-state index in [-0.39, 0.29) is 5.75 Å². The Bertz CT molecular complexity index is 883. The summed E-state index contributed by atoms with van der Waals surface area (Å²) in [5.74, 6) is -0.336. The quantitative estimate of drug-likeness (QED) is 0.759. The number of halogens is 1. The summed E-state index contributed by atoms with van der Waals surface area (Å²) in [4.78, 5) is 14.7. The van der Waals surface area contributed by atoms with Crippen LogP contribution in [-0.4, -0.2) is 47.1 Å². The Morgan fingerprint density at radius 3 is 2.52 bits per heavy atom. The van der Waals surface area contributed by atoms with Crippen LogP contribution >= 0.6 is 0 Å². The molecule has 0 saturated carbocycles. The second kappa shape index (κ2) is 9.23. The molecule has 1 aliphatic heterocycles. The van der Waals surface area contributed by atoms with Gasteiger partial charge in [0.25, 0.3) is 0 Å². The number of benzene rings is 1. The Morgan fingerprint density at radius 2 is 1.85 bits per heavy atom. The Hall–Kier alpha value is -2.80. The lowest BCUT2D eigenvalue weighted by molar-refractivity contribution is 0.387. The number of aromatic nitrogens is 3. The third kappa shape index (κ3) is 5.10. The molecule has 0 unspecified atom stereocenters. The summed E-state index contributed by atoms with van der Waals surface area (Å²) in [5.41, 5.74) is 3.18. The van der Waals surface area contributed by atoms with Crippen LogP contribution in [0.15, 0.2) is 43.0 Å². The average molecular weight is 369 g/mol. The van der Waals surface area contributed by atoms with Crippen molar-refractivity contribution in [1.29, 1.82) is 0 Å². The lowest BCUT2D eigenvalue weighted by Gasteiger charge is -2.11. The molecular formula is C20H24FN5O. The second-order valence-corrected chi connectivity index (χ2v) is 6.45. The number of anilines is 1. The van der Waals surface area contributed by atoms with Crippen LogP contribution in [0, 0.1) is 5.82 Å². The van der Waals surface area contributed by atoms with E-state index in [1.165, 1.54) is 39.2 Å². The fraction of sp³-hybridized carbons (Fsp3) is 0.350. The zero-order chi connectivity index (χ0) is 19.1. The molecule has 3 aromatic rings. The van der Waals surface area contributed by atoms with Crippen LogP contribution in [0.2, 0.25) is 0 Å². The summed E-state index contributed by atoms with van der Waals surface area (Å²) < 4.78 is 18.6. The Kier molecular flexibility index (Phi) is 6.49. The van der Waals surface area contributed by atoms with Crippen molar-refractivity contribution >= 4 is 16.7 Å². The second-order valence-electron chi connectivity index (χ2n) is 6.45. The van der Waals surface area contributed by atoms with Gasteiger partial charge in [0.2, 0.25) is 0 Å². The number of pyridine rings is 1. The summed E-state index contributed by atoms with van der Waals surface area (Å²) in [7, 11) is 3.60. The number of nitrogens with one attached hydrogen (secondary N) is 1. The fourth-order valence-electron chi connectivity index (χ4n) is 2.95. The highest BCUT2D eigenvalue weighted by Crippen LogP contribution is 2.26. The number of ether oxygens (including phenoxy) is 1. The molecule has 1 aromatic carbocycles. The summed E-state index contributed by atoms with van der Waals surface area (Å²) in [5, 5.41) is 3.11. The van der Waals surface area contributed by atoms with E-state index in [0.29, 0.717) is 12.2 Å². The molecule has 0 atom stereocenters. The third-order valence-corrected chi connectivity index (χ3v) is 4.40. The highest BCUT2D eigenvalue weighted by atomic mass is 19.1. The van der Waals surface area contributed by atoms with Crippen molar-refractivity contribution in [1.82, 2.24) is 19.9 Å². The normalized spacial score (nSPS) is 13.9. The van der Waals surface area contributed by atoms with Gasteiger partial charge in [-0.1, -0.05) is 6.07 Å². The lowest BCUT2D eigenvalue weighted by Crippen LogP contribution is -2.10. The minimum absolute atomic E-state index is 0.158. The first-order chi connectivity index (χ1) is 13.2. The standard InChI is InChI=1S/C15H13FN4O.C5H11N/c1-21-15-11(16)8-17-9-14(15)20-7-10-2-3-12-13(6-10)19-5-4-18-12;1-6-4-2-3-5-6/h2-6,8-9,20H,7H2,1H3;2-5H2,1H3. The number of likely N-dealkylation sites (tertiary alicyclic amines) is 1. The van der Waals surface area contributed by atoms with Crippen LogP contribution in [0.25, 0.3) is 11.0 Å². The molecule has 0 amide bonds. The highest BCUT2D eigenvalue weighted by molar-refractivity contribution is 5.74. The monoisotopic (exact) mass is 369 g/mol. The molecule has 3 heterocycles. The minimum Gasteiger partial charge on any atom is -0.491 e. The van der Waals surface area contributed by atoms with Gasteiger partial charge in [0.05, 0.1) is 36.2 Å². The predicted octanol–water partition coefficient (Wildman–Crippen LogP) is 3.50. The van der Waals surface area contributed by atoms with Crippen LogP contribution in [-0.2, 0) is 6.54 Å². The Morgan fingerprint density at radius 1 is 1.11 bits per heavy atom. The van der Waals surface area contributed by atoms with Gasteiger partial charge in [0, 0.05) is 18.9 Å². The van der Waals surface area contributed by atoms with Gasteiger partial charge in [-0.05, 0) is 50.7 Å². The maximum atomic E-state index is 13.5. The summed E-state index contributed by atoms with van der Waals surface area (Å²) in [6.45, 7) is 3.15. The first-order valence-corrected chi connectivity index (χ1v) is 8.97. The van der Waals surface area contributed by atoms with Crippen molar-refractivity contribution in [3.63, 3.8) is 0 Å². The molecule has 1 N–H and O–H groups in total. The van der Waals surface area contributed by atoms with Crippen molar-refractivity contribution in [3.8, 4) is 5.75 Å². The van der Waals surface area contributed by atoms with Gasteiger partial charge in [0.15, 0.2) is 11.6 Å². The molecule has 0 bridgehead atoms. The number of nitrogens with zero attached hydrogens (tertiary/aromatic N) is 4. The van der Waals surface area contributed by atoms with Crippen molar-refractivity contribution in [2.75, 3.05) is 32.6 Å². The van der Waals surface area contributed by atoms with Crippen molar-refractivity contribution in [3.05, 3.63) is 54.4 Å². The molecule has 1 saturated heterocycles. The maximum absolute atomic E-state index is 13.5. The summed E-state index contributed by atoms with van der Waals surface area (Å²) >= 11 is 0. The summed E-state index contributed by atoms with van der Waals surface area (Å²) in [6.07, 6.45) is 8.79. The average Bonchev–Trinajstić information content (AvgIpc) is 3.17. The van der Waals surface area contributed by atoms with Crippen LogP contribution in [0.3, 0.4) is 0 Å². The fourth-order valence-corrected chi connectivity index (χ4v) is 2.95. The van der Waals surface area contributed by atoms with E-state index in [1.807, 2.05) is 18.2 Å². The largest absolute Gasteiger partial charge is 0.491 e. The number of methoxy groups -OCH3 is 1. The van der Waals surface area contributed by atoms with E-state index in [1.54, 1.807) is 12.4 Å². The van der Waals surface area contributed by atoms with Crippen LogP contribution < -0.4 is 10.1 Å². The highest BCUT2D eigenvalue weighted by Gasteiger charge is 2.09. The number of fused-ring (bicyclic) bond motifs is 1. The van der Waals surface area contributed by atoms with Crippen LogP contribution in [0.4, 0.5) is 10.1 Å². The molecule has 6 nitrogen and oxygen atoms in total. The van der Waals surface area contributed by atoms with E-state index in [9.17, 15) is 4.39 Å². The van der Waals surface area contributed by atoms with Gasteiger partial charge in [-0.2, -0.15) is 0 Å². The molecule has 1 fully saturated rings. The number of rotatable bonds is 4. The first-order valence-electron chi connectivity index (χ1n) is 8.97. The minimum atomic E-state index is -0.494. The number of hydrogen-bond donors (Lipinski definition) is 1. The first kappa shape index (κ1) is 19.0. The Labute approximate surface area is 158 Å². The third-order valence-electron chi connectivity index (χ3n) is 4.40. The van der Waals surface area contributed by atoms with Gasteiger partial charge < -0.3 is 15.0 Å². The van der Waals surface area contributed by atoms with E-state index in [0.717, 1.165) is 22.8 Å². The molecule has 1 aliphatic rings. The van der Waals surface area contributed by atoms with Gasteiger partial charge in [-0.15, -0.1) is 0 Å². The number of hydrogen-bond acceptors (Lipinski definition) is 6. The van der Waals surface area contributed by atoms with E-state index < -0.39 is 5.82 Å². The molecule has 0 radical (unpaired) electrons. The molecule has 142 valence electrons. The molecule has 0 aliphatic carbocycles. The molecule has 7 heteroatoms. The molecule has 27 heavy (non-hydrogen) atoms. The van der Waals surface area contributed by atoms with Gasteiger partial charge in [-0.25, -0.2) is 4.39 Å². The van der Waals surface area contributed by atoms with Crippen molar-refractivity contribution in [2.24, 2.45) is 0 Å². The zero-order valence-electron chi connectivity index (χ0n) is 15.7. The predicted molar refractivity (Wildman–Crippen MR) is 104 cm³/mol. The molecule has 2 aromatic heterocycles. The topological polar surface area (TPSA) is 63.2 Å². The van der Waals surface area contributed by atoms with Crippen molar-refractivity contribution < 1.29 is 9.13 Å². The molecule has 4 rings (SSSR count). The van der Waals surface area contributed by atoms with Gasteiger partial charge in [0.1, 0.15) is 0 Å². The zero-order valence-corrected chi connectivity index (χ0v) is 15.7. The molecular weight excluding hydrogens is 345 g/mol. The van der Waals surface area contributed by atoms with Gasteiger partial charge >= 0.3 is 0 Å². The SMILES string of the molecule is CN1CCCC1.COc1c(F)cncc1NCc1ccc2nccnc2c1. The smallest absolute Gasteiger partial charge is 0.185 e. The van der Waals surface area contributed by atoms with E-state index in [2.05, 4.69) is 32.2 Å². The molecule has 0 spiro atoms. The van der Waals surface area contributed by atoms with Crippen molar-refractivity contribution in [2.45, 2.75) is 19.4 Å². The Balaban J connectivity index is 0.000000299. The van der Waals surface area contributed by atoms with Crippen LogP contribution in [0.1, 0.15) is 18.4 Å². The maximum Gasteiger partial charge on any atom is 0.185 e. The van der Waals surface area contributed by atoms with Gasteiger partial charge in [-0.3, -0.25) is 15.0 Å². The summed E-state index contributed by atoms with van der Waals surface area (Å²) in [6, 6.07) is 5.79. The van der Waals surface area contributed by atoms with Crippen LogP contribution in [0.5, 0.6) is 5.75 Å². The van der Waals surface area contributed by atoms with E-state index in [4.69, 9.17) is 4.74 Å². The lowest BCUT2D eigenvalue weighted by atomic mass is 10.2. The van der Waals surface area contributed by atoms with E-state index >= 15 is 0 Å².